The summed E-state index contributed by atoms with van der Waals surface area (Å²) in [5.74, 6) is -0.446. The van der Waals surface area contributed by atoms with Crippen LogP contribution in [0.15, 0.2) is 35.3 Å². The number of hydrogen-bond acceptors (Lipinski definition) is 2. The zero-order valence-electron chi connectivity index (χ0n) is 7.36. The minimum Gasteiger partial charge on any atom is -0.474 e. The van der Waals surface area contributed by atoms with Gasteiger partial charge in [-0.15, -0.1) is 0 Å². The molecule has 4 heteroatoms. The monoisotopic (exact) mass is 197 g/mol. The fraction of sp³-hybridized carbons (Fsp3) is 0.300. The lowest BCUT2D eigenvalue weighted by Gasteiger charge is -2.03. The van der Waals surface area contributed by atoms with E-state index in [1.54, 1.807) is 0 Å². The molecule has 1 aromatic carbocycles. The molecule has 74 valence electrons. The number of aliphatic imine (C=N–C) groups is 1. The van der Waals surface area contributed by atoms with Crippen LogP contribution in [0.2, 0.25) is 0 Å². The van der Waals surface area contributed by atoms with E-state index in [-0.39, 0.29) is 12.6 Å². The summed E-state index contributed by atoms with van der Waals surface area (Å²) in [5.41, 5.74) is 0.906. The number of hydrogen-bond donors (Lipinski definition) is 0. The lowest BCUT2D eigenvalue weighted by molar-refractivity contribution is 0.178. The Morgan fingerprint density at radius 2 is 2.00 bits per heavy atom. The summed E-state index contributed by atoms with van der Waals surface area (Å²) < 4.78 is 29.1. The smallest absolute Gasteiger partial charge is 0.312 e. The summed E-state index contributed by atoms with van der Waals surface area (Å²) in [7, 11) is 0. The van der Waals surface area contributed by atoms with Crippen molar-refractivity contribution in [1.82, 2.24) is 0 Å². The average molecular weight is 197 g/mol. The quantitative estimate of drug-likeness (QED) is 0.713. The minimum atomic E-state index is -2.61. The van der Waals surface area contributed by atoms with Crippen molar-refractivity contribution >= 4 is 5.90 Å². The van der Waals surface area contributed by atoms with Crippen LogP contribution in [0.4, 0.5) is 8.78 Å². The first-order valence-electron chi connectivity index (χ1n) is 4.31. The van der Waals surface area contributed by atoms with Gasteiger partial charge in [0.1, 0.15) is 12.6 Å². The van der Waals surface area contributed by atoms with Gasteiger partial charge in [0.2, 0.25) is 0 Å². The maximum absolute atomic E-state index is 12.2. The van der Waals surface area contributed by atoms with Gasteiger partial charge in [-0.3, -0.25) is 0 Å². The van der Waals surface area contributed by atoms with E-state index < -0.39 is 12.3 Å². The van der Waals surface area contributed by atoms with E-state index in [0.29, 0.717) is 0 Å². The number of nitrogens with zero attached hydrogens (tertiary/aromatic N) is 1. The Hall–Kier alpha value is -1.45. The van der Waals surface area contributed by atoms with Crippen LogP contribution in [0.25, 0.3) is 0 Å². The fourth-order valence-corrected chi connectivity index (χ4v) is 1.36. The van der Waals surface area contributed by atoms with Gasteiger partial charge in [0.25, 0.3) is 5.90 Å². The van der Waals surface area contributed by atoms with Gasteiger partial charge in [-0.05, 0) is 5.56 Å². The number of rotatable bonds is 2. The first kappa shape index (κ1) is 9.12. The molecule has 1 aliphatic heterocycles. The van der Waals surface area contributed by atoms with Crippen molar-refractivity contribution in [1.29, 1.82) is 0 Å². The van der Waals surface area contributed by atoms with E-state index in [9.17, 15) is 8.78 Å². The molecular formula is C10H9F2NO. The van der Waals surface area contributed by atoms with E-state index in [0.717, 1.165) is 5.56 Å². The van der Waals surface area contributed by atoms with Crippen molar-refractivity contribution in [2.75, 3.05) is 6.61 Å². The van der Waals surface area contributed by atoms with Gasteiger partial charge >= 0.3 is 6.43 Å². The Morgan fingerprint density at radius 3 is 2.57 bits per heavy atom. The summed E-state index contributed by atoms with van der Waals surface area (Å²) in [6.45, 7) is 0.212. The van der Waals surface area contributed by atoms with Gasteiger partial charge in [0.05, 0.1) is 0 Å². The molecule has 1 aliphatic rings. The summed E-state index contributed by atoms with van der Waals surface area (Å²) in [6.07, 6.45) is -2.61. The molecule has 2 rings (SSSR count). The van der Waals surface area contributed by atoms with Crippen molar-refractivity contribution in [3.8, 4) is 0 Å². The molecular weight excluding hydrogens is 188 g/mol. The Bertz CT molecular complexity index is 337. The molecule has 1 aromatic rings. The van der Waals surface area contributed by atoms with Gasteiger partial charge in [-0.1, -0.05) is 30.3 Å². The highest BCUT2D eigenvalue weighted by Gasteiger charge is 2.26. The molecule has 0 N–H and O–H groups in total. The molecule has 0 amide bonds. The van der Waals surface area contributed by atoms with Gasteiger partial charge < -0.3 is 4.74 Å². The lowest BCUT2D eigenvalue weighted by atomic mass is 10.1. The number of ether oxygens (including phenoxy) is 1. The molecule has 0 radical (unpaired) electrons. The first-order valence-corrected chi connectivity index (χ1v) is 4.31. The van der Waals surface area contributed by atoms with Crippen molar-refractivity contribution in [3.63, 3.8) is 0 Å². The predicted molar refractivity (Wildman–Crippen MR) is 48.6 cm³/mol. The van der Waals surface area contributed by atoms with Crippen LogP contribution >= 0.6 is 0 Å². The summed E-state index contributed by atoms with van der Waals surface area (Å²) in [4.78, 5) is 3.80. The van der Waals surface area contributed by atoms with E-state index in [1.807, 2.05) is 30.3 Å². The summed E-state index contributed by atoms with van der Waals surface area (Å²) >= 11 is 0. The molecule has 0 bridgehead atoms. The SMILES string of the molecule is FC(F)C1=NC(c2ccccc2)CO1. The molecule has 0 saturated heterocycles. The molecule has 0 aromatic heterocycles. The number of alkyl halides is 2. The largest absolute Gasteiger partial charge is 0.474 e. The van der Waals surface area contributed by atoms with Gasteiger partial charge in [-0.2, -0.15) is 8.78 Å². The number of halogens is 2. The number of benzene rings is 1. The fourth-order valence-electron chi connectivity index (χ4n) is 1.36. The summed E-state index contributed by atoms with van der Waals surface area (Å²) in [6, 6.07) is 9.01. The first-order chi connectivity index (χ1) is 6.77. The highest BCUT2D eigenvalue weighted by Crippen LogP contribution is 2.24. The average Bonchev–Trinajstić information content (AvgIpc) is 2.68. The highest BCUT2D eigenvalue weighted by atomic mass is 19.3. The molecule has 2 nitrogen and oxygen atoms in total. The van der Waals surface area contributed by atoms with Crippen LogP contribution in [0.3, 0.4) is 0 Å². The van der Waals surface area contributed by atoms with Crippen LogP contribution < -0.4 is 0 Å². The third kappa shape index (κ3) is 1.73. The Kier molecular flexibility index (Phi) is 2.43. The van der Waals surface area contributed by atoms with E-state index in [1.165, 1.54) is 0 Å². The van der Waals surface area contributed by atoms with Crippen molar-refractivity contribution in [2.45, 2.75) is 12.5 Å². The van der Waals surface area contributed by atoms with Crippen LogP contribution in [0.5, 0.6) is 0 Å². The van der Waals surface area contributed by atoms with Crippen molar-refractivity contribution in [2.24, 2.45) is 4.99 Å². The second-order valence-corrected chi connectivity index (χ2v) is 3.01. The van der Waals surface area contributed by atoms with Gasteiger partial charge in [-0.25, -0.2) is 4.99 Å². The van der Waals surface area contributed by atoms with E-state index in [2.05, 4.69) is 4.99 Å². The maximum atomic E-state index is 12.2. The topological polar surface area (TPSA) is 21.6 Å². The maximum Gasteiger partial charge on any atom is 0.312 e. The highest BCUT2D eigenvalue weighted by molar-refractivity contribution is 5.80. The van der Waals surface area contributed by atoms with Crippen LogP contribution in [-0.2, 0) is 4.74 Å². The van der Waals surface area contributed by atoms with Crippen LogP contribution in [0.1, 0.15) is 11.6 Å². The van der Waals surface area contributed by atoms with Crippen molar-refractivity contribution in [3.05, 3.63) is 35.9 Å². The molecule has 0 saturated carbocycles. The van der Waals surface area contributed by atoms with Crippen molar-refractivity contribution < 1.29 is 13.5 Å². The molecule has 0 fully saturated rings. The predicted octanol–water partition coefficient (Wildman–Crippen LogP) is 2.42. The Morgan fingerprint density at radius 1 is 1.29 bits per heavy atom. The third-order valence-electron chi connectivity index (χ3n) is 2.04. The lowest BCUT2D eigenvalue weighted by Crippen LogP contribution is -2.09. The van der Waals surface area contributed by atoms with Gasteiger partial charge in [0, 0.05) is 0 Å². The molecule has 0 aliphatic carbocycles. The van der Waals surface area contributed by atoms with E-state index >= 15 is 0 Å². The normalized spacial score (nSPS) is 20.8. The Balaban J connectivity index is 2.16. The van der Waals surface area contributed by atoms with Crippen LogP contribution in [0, 0.1) is 0 Å². The molecule has 1 unspecified atom stereocenters. The second kappa shape index (κ2) is 3.74. The summed E-state index contributed by atoms with van der Waals surface area (Å²) in [5, 5.41) is 0. The molecule has 1 heterocycles. The van der Waals surface area contributed by atoms with E-state index in [4.69, 9.17) is 4.74 Å². The third-order valence-corrected chi connectivity index (χ3v) is 2.04. The zero-order valence-corrected chi connectivity index (χ0v) is 7.36. The van der Waals surface area contributed by atoms with Crippen LogP contribution in [-0.4, -0.2) is 18.9 Å². The zero-order chi connectivity index (χ0) is 9.97. The van der Waals surface area contributed by atoms with Gasteiger partial charge in [0.15, 0.2) is 0 Å². The minimum absolute atomic E-state index is 0.212. The molecule has 1 atom stereocenters. The standard InChI is InChI=1S/C10H9F2NO/c11-9(12)10-13-8(6-14-10)7-4-2-1-3-5-7/h1-5,8-9H,6H2. The molecule has 14 heavy (non-hydrogen) atoms. The molecule has 0 spiro atoms. The Labute approximate surface area is 80.2 Å². The second-order valence-electron chi connectivity index (χ2n) is 3.01.